The van der Waals surface area contributed by atoms with Crippen LogP contribution in [0.25, 0.3) is 0 Å². The summed E-state index contributed by atoms with van der Waals surface area (Å²) in [6, 6.07) is 13.5. The van der Waals surface area contributed by atoms with Gasteiger partial charge in [0.2, 0.25) is 5.91 Å². The van der Waals surface area contributed by atoms with E-state index in [0.717, 1.165) is 11.1 Å². The van der Waals surface area contributed by atoms with Gasteiger partial charge in [0, 0.05) is 18.2 Å². The van der Waals surface area contributed by atoms with Crippen molar-refractivity contribution in [3.8, 4) is 5.75 Å². The van der Waals surface area contributed by atoms with Crippen LogP contribution in [0.3, 0.4) is 0 Å². The largest absolute Gasteiger partial charge is 0.482 e. The molecule has 0 aromatic heterocycles. The molecule has 0 saturated carbocycles. The molecular formula is C23H25NO6S. The summed E-state index contributed by atoms with van der Waals surface area (Å²) < 4.78 is 5.20. The molecule has 7 nitrogen and oxygen atoms in total. The van der Waals surface area contributed by atoms with Gasteiger partial charge in [0.25, 0.3) is 0 Å². The molecular weight excluding hydrogens is 418 g/mol. The maximum atomic E-state index is 13.2. The summed E-state index contributed by atoms with van der Waals surface area (Å²) in [6.07, 6.45) is 1.77. The van der Waals surface area contributed by atoms with E-state index in [1.165, 1.54) is 11.0 Å². The highest BCUT2D eigenvalue weighted by Crippen LogP contribution is 2.34. The number of fused-ring (bicyclic) bond motifs is 1. The molecule has 8 heteroatoms. The molecule has 0 spiro atoms. The Hall–Kier alpha value is -3.00. The molecule has 1 heterocycles. The zero-order chi connectivity index (χ0) is 22.4. The van der Waals surface area contributed by atoms with Crippen molar-refractivity contribution in [2.75, 3.05) is 18.9 Å². The summed E-state index contributed by atoms with van der Waals surface area (Å²) >= 11 is 4.35. The number of carboxylic acids is 2. The van der Waals surface area contributed by atoms with E-state index >= 15 is 0 Å². The van der Waals surface area contributed by atoms with Crippen LogP contribution in [0.2, 0.25) is 0 Å². The number of carbonyl (C=O) groups excluding carboxylic acids is 1. The van der Waals surface area contributed by atoms with Crippen molar-refractivity contribution in [3.63, 3.8) is 0 Å². The van der Waals surface area contributed by atoms with Gasteiger partial charge in [-0.1, -0.05) is 36.4 Å². The zero-order valence-corrected chi connectivity index (χ0v) is 17.8. The van der Waals surface area contributed by atoms with Gasteiger partial charge in [0.15, 0.2) is 12.6 Å². The third-order valence-corrected chi connectivity index (χ3v) is 5.86. The standard InChI is InChI=1S/C23H25NO6S/c25-20(26)13-30-18-8-9-19-16(12-18)10-11-24(21(19)23(28)29)22(27)17(14-31)7-6-15-4-2-1-3-5-15/h1-5,8-9,12,17,21,31H,6-7,10-11,13-14H2,(H,25,26)(H,28,29). The number of hydrogen-bond acceptors (Lipinski definition) is 5. The monoisotopic (exact) mass is 443 g/mol. The van der Waals surface area contributed by atoms with Crippen molar-refractivity contribution in [3.05, 3.63) is 65.2 Å². The summed E-state index contributed by atoms with van der Waals surface area (Å²) in [7, 11) is 0. The molecule has 1 amide bonds. The number of rotatable bonds is 9. The fourth-order valence-corrected chi connectivity index (χ4v) is 4.19. The predicted octanol–water partition coefficient (Wildman–Crippen LogP) is 2.84. The van der Waals surface area contributed by atoms with Gasteiger partial charge in [-0.15, -0.1) is 0 Å². The summed E-state index contributed by atoms with van der Waals surface area (Å²) in [5.41, 5.74) is 2.39. The van der Waals surface area contributed by atoms with E-state index in [4.69, 9.17) is 9.84 Å². The van der Waals surface area contributed by atoms with Gasteiger partial charge in [-0.2, -0.15) is 12.6 Å². The van der Waals surface area contributed by atoms with Gasteiger partial charge in [-0.05, 0) is 48.1 Å². The molecule has 0 saturated heterocycles. The fourth-order valence-electron chi connectivity index (χ4n) is 3.85. The molecule has 31 heavy (non-hydrogen) atoms. The molecule has 0 radical (unpaired) electrons. The van der Waals surface area contributed by atoms with Crippen molar-refractivity contribution in [1.82, 2.24) is 4.90 Å². The van der Waals surface area contributed by atoms with Crippen LogP contribution in [-0.2, 0) is 27.2 Å². The molecule has 0 aliphatic carbocycles. The number of amides is 1. The number of carboxylic acid groups (broad SMARTS) is 2. The number of hydrogen-bond donors (Lipinski definition) is 3. The summed E-state index contributed by atoms with van der Waals surface area (Å²) in [5, 5.41) is 18.7. The quantitative estimate of drug-likeness (QED) is 0.515. The molecule has 2 unspecified atom stereocenters. The van der Waals surface area contributed by atoms with Gasteiger partial charge in [-0.3, -0.25) is 4.79 Å². The van der Waals surface area contributed by atoms with E-state index in [9.17, 15) is 19.5 Å². The molecule has 1 aliphatic rings. The smallest absolute Gasteiger partial charge is 0.341 e. The van der Waals surface area contributed by atoms with Crippen LogP contribution in [0.4, 0.5) is 0 Å². The Kier molecular flexibility index (Phi) is 7.57. The highest BCUT2D eigenvalue weighted by Gasteiger charge is 2.38. The lowest BCUT2D eigenvalue weighted by molar-refractivity contribution is -0.152. The van der Waals surface area contributed by atoms with Crippen LogP contribution in [-0.4, -0.2) is 51.9 Å². The lowest BCUT2D eigenvalue weighted by Gasteiger charge is -2.37. The van der Waals surface area contributed by atoms with E-state index in [1.54, 1.807) is 12.1 Å². The maximum absolute atomic E-state index is 13.2. The second-order valence-electron chi connectivity index (χ2n) is 7.47. The predicted molar refractivity (Wildman–Crippen MR) is 117 cm³/mol. The minimum atomic E-state index is -1.10. The Labute approximate surface area is 186 Å². The average molecular weight is 444 g/mol. The van der Waals surface area contributed by atoms with Gasteiger partial charge in [0.1, 0.15) is 5.75 Å². The second-order valence-corrected chi connectivity index (χ2v) is 7.83. The number of aliphatic carboxylic acids is 2. The fraction of sp³-hybridized carbons (Fsp3) is 0.348. The highest BCUT2D eigenvalue weighted by atomic mass is 32.1. The lowest BCUT2D eigenvalue weighted by atomic mass is 9.90. The van der Waals surface area contributed by atoms with Crippen molar-refractivity contribution in [2.24, 2.45) is 5.92 Å². The Bertz CT molecular complexity index is 948. The number of nitrogens with zero attached hydrogens (tertiary/aromatic N) is 1. The average Bonchev–Trinajstić information content (AvgIpc) is 2.77. The van der Waals surface area contributed by atoms with E-state index < -0.39 is 24.6 Å². The van der Waals surface area contributed by atoms with E-state index in [0.29, 0.717) is 36.3 Å². The van der Waals surface area contributed by atoms with Crippen molar-refractivity contribution < 1.29 is 29.3 Å². The molecule has 2 atom stereocenters. The van der Waals surface area contributed by atoms with Crippen LogP contribution in [0.15, 0.2) is 48.5 Å². The molecule has 1 aliphatic heterocycles. The first-order valence-corrected chi connectivity index (χ1v) is 10.7. The molecule has 0 fully saturated rings. The second kappa shape index (κ2) is 10.3. The van der Waals surface area contributed by atoms with Gasteiger partial charge in [-0.25, -0.2) is 9.59 Å². The maximum Gasteiger partial charge on any atom is 0.341 e. The minimum Gasteiger partial charge on any atom is -0.482 e. The Morgan fingerprint density at radius 2 is 1.87 bits per heavy atom. The molecule has 2 N–H and O–H groups in total. The Morgan fingerprint density at radius 1 is 1.13 bits per heavy atom. The van der Waals surface area contributed by atoms with Crippen LogP contribution >= 0.6 is 12.6 Å². The number of thiol groups is 1. The first kappa shape index (κ1) is 22.7. The summed E-state index contributed by atoms with van der Waals surface area (Å²) in [5.74, 6) is -2.09. The third kappa shape index (κ3) is 5.58. The number of ether oxygens (including phenoxy) is 1. The lowest BCUT2D eigenvalue weighted by Crippen LogP contribution is -2.46. The zero-order valence-electron chi connectivity index (χ0n) is 16.9. The van der Waals surface area contributed by atoms with Crippen molar-refractivity contribution in [1.29, 1.82) is 0 Å². The number of carbonyl (C=O) groups is 3. The van der Waals surface area contributed by atoms with Crippen LogP contribution in [0, 0.1) is 5.92 Å². The molecule has 0 bridgehead atoms. The van der Waals surface area contributed by atoms with Gasteiger partial charge in [0.05, 0.1) is 0 Å². The normalized spacial score (nSPS) is 16.3. The molecule has 2 aromatic carbocycles. The SMILES string of the molecule is O=C(O)COc1ccc2c(c1)CCN(C(=O)C(CS)CCc1ccccc1)C2C(=O)O. The van der Waals surface area contributed by atoms with Crippen LogP contribution in [0.5, 0.6) is 5.75 Å². The van der Waals surface area contributed by atoms with Crippen LogP contribution < -0.4 is 4.74 Å². The molecule has 164 valence electrons. The minimum absolute atomic E-state index is 0.213. The van der Waals surface area contributed by atoms with Crippen LogP contribution in [0.1, 0.15) is 29.2 Å². The first-order chi connectivity index (χ1) is 14.9. The Balaban J connectivity index is 1.77. The topological polar surface area (TPSA) is 104 Å². The van der Waals surface area contributed by atoms with E-state index in [2.05, 4.69) is 12.6 Å². The molecule has 2 aromatic rings. The van der Waals surface area contributed by atoms with Crippen molar-refractivity contribution in [2.45, 2.75) is 25.3 Å². The highest BCUT2D eigenvalue weighted by molar-refractivity contribution is 7.80. The number of aryl methyl sites for hydroxylation is 1. The number of benzene rings is 2. The molecule has 3 rings (SSSR count). The van der Waals surface area contributed by atoms with Crippen molar-refractivity contribution >= 4 is 30.5 Å². The van der Waals surface area contributed by atoms with Gasteiger partial charge < -0.3 is 19.8 Å². The van der Waals surface area contributed by atoms with E-state index in [1.807, 2.05) is 30.3 Å². The third-order valence-electron chi connectivity index (χ3n) is 5.42. The van der Waals surface area contributed by atoms with Gasteiger partial charge >= 0.3 is 11.9 Å². The summed E-state index contributed by atoms with van der Waals surface area (Å²) in [6.45, 7) is -0.211. The Morgan fingerprint density at radius 3 is 2.52 bits per heavy atom. The summed E-state index contributed by atoms with van der Waals surface area (Å²) in [4.78, 5) is 37.5. The first-order valence-electron chi connectivity index (χ1n) is 10.1. The van der Waals surface area contributed by atoms with E-state index in [-0.39, 0.29) is 18.4 Å².